The average molecular weight is 298 g/mol. The fourth-order valence-corrected chi connectivity index (χ4v) is 2.62. The lowest BCUT2D eigenvalue weighted by Crippen LogP contribution is -2.04. The maximum Gasteiger partial charge on any atom is 0.223 e. The van der Waals surface area contributed by atoms with Crippen molar-refractivity contribution in [3.05, 3.63) is 23.0 Å². The van der Waals surface area contributed by atoms with Crippen LogP contribution >= 0.6 is 23.4 Å². The Morgan fingerprint density at radius 2 is 2.26 bits per heavy atom. The highest BCUT2D eigenvalue weighted by Crippen LogP contribution is 2.31. The minimum atomic E-state index is 0.547. The molecule has 0 saturated carbocycles. The van der Waals surface area contributed by atoms with Gasteiger partial charge in [0.25, 0.3) is 0 Å². The van der Waals surface area contributed by atoms with E-state index in [1.165, 1.54) is 11.8 Å². The Balaban J connectivity index is 2.21. The Labute approximate surface area is 121 Å². The van der Waals surface area contributed by atoms with Gasteiger partial charge in [0.1, 0.15) is 10.1 Å². The molecule has 102 valence electrons. The molecule has 0 aliphatic heterocycles. The third kappa shape index (κ3) is 3.61. The van der Waals surface area contributed by atoms with Gasteiger partial charge in [-0.25, -0.2) is 9.97 Å². The summed E-state index contributed by atoms with van der Waals surface area (Å²) in [5.74, 6) is 0.604. The molecule has 0 bridgehead atoms. The molecule has 0 radical (unpaired) electrons. The molecule has 19 heavy (non-hydrogen) atoms. The van der Waals surface area contributed by atoms with Crippen molar-refractivity contribution in [1.29, 1.82) is 0 Å². The van der Waals surface area contributed by atoms with Crippen molar-refractivity contribution in [2.75, 3.05) is 11.9 Å². The molecule has 0 atom stereocenters. The van der Waals surface area contributed by atoms with Gasteiger partial charge in [0, 0.05) is 13.6 Å². The second kappa shape index (κ2) is 6.25. The number of anilines is 1. The fraction of sp³-hybridized carbons (Fsp3) is 0.417. The molecule has 0 amide bonds. The highest BCUT2D eigenvalue weighted by Gasteiger charge is 2.10. The van der Waals surface area contributed by atoms with E-state index >= 15 is 0 Å². The summed E-state index contributed by atoms with van der Waals surface area (Å²) < 4.78 is 1.82. The summed E-state index contributed by atoms with van der Waals surface area (Å²) in [6.45, 7) is 4.90. The molecule has 0 unspecified atom stereocenters. The molecule has 2 rings (SSSR count). The predicted molar refractivity (Wildman–Crippen MR) is 77.9 cm³/mol. The van der Waals surface area contributed by atoms with Gasteiger partial charge in [-0.15, -0.1) is 0 Å². The van der Waals surface area contributed by atoms with Gasteiger partial charge in [0.2, 0.25) is 5.95 Å². The predicted octanol–water partition coefficient (Wildman–Crippen LogP) is 3.15. The van der Waals surface area contributed by atoms with E-state index in [4.69, 9.17) is 11.6 Å². The van der Waals surface area contributed by atoms with Crippen LogP contribution in [-0.4, -0.2) is 26.3 Å². The first-order chi connectivity index (χ1) is 9.10. The number of rotatable bonds is 5. The van der Waals surface area contributed by atoms with Crippen LogP contribution in [0.4, 0.5) is 5.95 Å². The first kappa shape index (κ1) is 14.1. The standard InChI is InChI=1S/C12H16ClN5S/c1-4-5-14-12-15-7-9(13)11(16-12)19-10-6-8(2)17-18(10)3/h6-7H,4-5H2,1-3H3,(H,14,15,16). The maximum absolute atomic E-state index is 6.14. The zero-order valence-electron chi connectivity index (χ0n) is 11.1. The quantitative estimate of drug-likeness (QED) is 0.859. The molecular formula is C12H16ClN5S. The molecule has 7 heteroatoms. The minimum Gasteiger partial charge on any atom is -0.354 e. The van der Waals surface area contributed by atoms with Gasteiger partial charge in [-0.1, -0.05) is 18.5 Å². The monoisotopic (exact) mass is 297 g/mol. The zero-order valence-corrected chi connectivity index (χ0v) is 12.7. The summed E-state index contributed by atoms with van der Waals surface area (Å²) in [6, 6.07) is 2.00. The number of hydrogen-bond acceptors (Lipinski definition) is 5. The highest BCUT2D eigenvalue weighted by atomic mass is 35.5. The Kier molecular flexibility index (Phi) is 4.66. The number of aryl methyl sites for hydroxylation is 2. The van der Waals surface area contributed by atoms with Crippen molar-refractivity contribution in [3.8, 4) is 0 Å². The number of nitrogens with zero attached hydrogens (tertiary/aromatic N) is 4. The van der Waals surface area contributed by atoms with Crippen LogP contribution in [0.2, 0.25) is 5.02 Å². The third-order valence-electron chi connectivity index (χ3n) is 2.41. The first-order valence-corrected chi connectivity index (χ1v) is 7.24. The van der Waals surface area contributed by atoms with Crippen LogP contribution in [0.25, 0.3) is 0 Å². The van der Waals surface area contributed by atoms with Gasteiger partial charge in [0.15, 0.2) is 0 Å². The van der Waals surface area contributed by atoms with Crippen LogP contribution in [0, 0.1) is 6.92 Å². The average Bonchev–Trinajstić information content (AvgIpc) is 2.69. The van der Waals surface area contributed by atoms with Crippen LogP contribution in [0.1, 0.15) is 19.0 Å². The molecule has 0 aliphatic rings. The van der Waals surface area contributed by atoms with Crippen LogP contribution in [0.15, 0.2) is 22.3 Å². The van der Waals surface area contributed by atoms with E-state index in [0.717, 1.165) is 28.7 Å². The summed E-state index contributed by atoms with van der Waals surface area (Å²) in [6.07, 6.45) is 2.65. The Bertz CT molecular complexity index is 569. The van der Waals surface area contributed by atoms with E-state index < -0.39 is 0 Å². The van der Waals surface area contributed by atoms with Gasteiger partial charge in [-0.3, -0.25) is 4.68 Å². The molecule has 2 heterocycles. The largest absolute Gasteiger partial charge is 0.354 e. The van der Waals surface area contributed by atoms with E-state index in [0.29, 0.717) is 11.0 Å². The van der Waals surface area contributed by atoms with Gasteiger partial charge in [0.05, 0.1) is 16.9 Å². The molecular weight excluding hydrogens is 282 g/mol. The maximum atomic E-state index is 6.14. The van der Waals surface area contributed by atoms with Crippen LogP contribution in [-0.2, 0) is 7.05 Å². The van der Waals surface area contributed by atoms with Gasteiger partial charge < -0.3 is 5.32 Å². The molecule has 0 spiro atoms. The van der Waals surface area contributed by atoms with E-state index in [9.17, 15) is 0 Å². The number of hydrogen-bond donors (Lipinski definition) is 1. The third-order valence-corrected chi connectivity index (χ3v) is 3.89. The van der Waals surface area contributed by atoms with Crippen LogP contribution < -0.4 is 5.32 Å². The summed E-state index contributed by atoms with van der Waals surface area (Å²) in [7, 11) is 1.90. The molecule has 5 nitrogen and oxygen atoms in total. The molecule has 0 fully saturated rings. The van der Waals surface area contributed by atoms with Crippen molar-refractivity contribution < 1.29 is 0 Å². The highest BCUT2D eigenvalue weighted by molar-refractivity contribution is 7.99. The molecule has 0 aromatic carbocycles. The zero-order chi connectivity index (χ0) is 13.8. The Morgan fingerprint density at radius 1 is 1.47 bits per heavy atom. The summed E-state index contributed by atoms with van der Waals surface area (Å²) in [4.78, 5) is 8.58. The molecule has 2 aromatic heterocycles. The SMILES string of the molecule is CCCNc1ncc(Cl)c(Sc2cc(C)nn2C)n1. The summed E-state index contributed by atoms with van der Waals surface area (Å²) in [5, 5.41) is 9.73. The fourth-order valence-electron chi connectivity index (χ4n) is 1.53. The van der Waals surface area contributed by atoms with Crippen molar-refractivity contribution in [2.24, 2.45) is 7.05 Å². The van der Waals surface area contributed by atoms with Crippen LogP contribution in [0.5, 0.6) is 0 Å². The van der Waals surface area contributed by atoms with E-state index in [-0.39, 0.29) is 0 Å². The molecule has 0 saturated heterocycles. The number of aromatic nitrogens is 4. The van der Waals surface area contributed by atoms with Gasteiger partial charge in [-0.05, 0) is 31.2 Å². The summed E-state index contributed by atoms with van der Waals surface area (Å²) >= 11 is 7.62. The van der Waals surface area contributed by atoms with Crippen LogP contribution in [0.3, 0.4) is 0 Å². The second-order valence-electron chi connectivity index (χ2n) is 4.12. The lowest BCUT2D eigenvalue weighted by molar-refractivity contribution is 0.692. The van der Waals surface area contributed by atoms with Crippen molar-refractivity contribution in [3.63, 3.8) is 0 Å². The second-order valence-corrected chi connectivity index (χ2v) is 5.54. The van der Waals surface area contributed by atoms with Crippen molar-refractivity contribution >= 4 is 29.3 Å². The van der Waals surface area contributed by atoms with E-state index in [1.807, 2.05) is 24.7 Å². The Morgan fingerprint density at radius 3 is 2.89 bits per heavy atom. The number of nitrogens with one attached hydrogen (secondary N) is 1. The summed E-state index contributed by atoms with van der Waals surface area (Å²) in [5.41, 5.74) is 0.972. The van der Waals surface area contributed by atoms with Gasteiger partial charge in [-0.2, -0.15) is 5.10 Å². The number of halogens is 1. The molecule has 0 aliphatic carbocycles. The van der Waals surface area contributed by atoms with Crippen molar-refractivity contribution in [2.45, 2.75) is 30.3 Å². The lowest BCUT2D eigenvalue weighted by Gasteiger charge is -2.07. The van der Waals surface area contributed by atoms with E-state index in [2.05, 4.69) is 27.3 Å². The smallest absolute Gasteiger partial charge is 0.223 e. The first-order valence-electron chi connectivity index (χ1n) is 6.05. The normalized spacial score (nSPS) is 10.7. The van der Waals surface area contributed by atoms with E-state index in [1.54, 1.807) is 6.20 Å². The topological polar surface area (TPSA) is 55.6 Å². The minimum absolute atomic E-state index is 0.547. The van der Waals surface area contributed by atoms with Gasteiger partial charge >= 0.3 is 0 Å². The lowest BCUT2D eigenvalue weighted by atomic mass is 10.5. The molecule has 1 N–H and O–H groups in total. The Hall–Kier alpha value is -1.27. The van der Waals surface area contributed by atoms with Crippen molar-refractivity contribution in [1.82, 2.24) is 19.7 Å². The molecule has 2 aromatic rings.